The number of alkyl carbamates (subject to hydrolysis) is 2. The standard InChI is InChI=1S/C30H42N4O8/c31-27(35)13-12-26(34-30(38)41-20-22-8-4-3-5-9-22)28(36)32-14-16-39-18-19-40-17-15-33-29(37)42-21-25-23-10-6-1-2-7-11-24(23)25/h3-5,8-9,23-26H,6-7,10-21H2,(H2,31,35)(H,32,36)(H,33,37)(H,34,38)/t23-,24+,25-,26?. The number of primary amides is 1. The lowest BCUT2D eigenvalue weighted by atomic mass is 10.1. The summed E-state index contributed by atoms with van der Waals surface area (Å²) in [5.74, 6) is 7.02. The van der Waals surface area contributed by atoms with E-state index in [2.05, 4.69) is 27.8 Å². The highest BCUT2D eigenvalue weighted by Gasteiger charge is 2.49. The number of benzene rings is 1. The lowest BCUT2D eigenvalue weighted by molar-refractivity contribution is -0.123. The molecule has 12 nitrogen and oxygen atoms in total. The first-order chi connectivity index (χ1) is 20.4. The number of rotatable bonds is 18. The molecule has 0 aliphatic heterocycles. The quantitative estimate of drug-likeness (QED) is 0.149. The lowest BCUT2D eigenvalue weighted by Gasteiger charge is -2.18. The van der Waals surface area contributed by atoms with E-state index in [1.165, 1.54) is 0 Å². The molecule has 2 aliphatic rings. The van der Waals surface area contributed by atoms with Crippen LogP contribution in [0.25, 0.3) is 0 Å². The fourth-order valence-electron chi connectivity index (χ4n) is 4.88. The summed E-state index contributed by atoms with van der Waals surface area (Å²) in [4.78, 5) is 47.8. The van der Waals surface area contributed by atoms with E-state index in [4.69, 9.17) is 24.7 Å². The van der Waals surface area contributed by atoms with Gasteiger partial charge in [0.2, 0.25) is 11.8 Å². The molecule has 12 heteroatoms. The van der Waals surface area contributed by atoms with Crippen LogP contribution in [-0.4, -0.2) is 76.2 Å². The fraction of sp³-hybridized carbons (Fsp3) is 0.600. The molecule has 0 radical (unpaired) electrons. The number of nitrogens with one attached hydrogen (secondary N) is 3. The Morgan fingerprint density at radius 1 is 0.857 bits per heavy atom. The largest absolute Gasteiger partial charge is 0.449 e. The van der Waals surface area contributed by atoms with Crippen molar-refractivity contribution in [3.63, 3.8) is 0 Å². The van der Waals surface area contributed by atoms with Crippen molar-refractivity contribution in [3.05, 3.63) is 35.9 Å². The Morgan fingerprint density at radius 2 is 1.50 bits per heavy atom. The molecule has 1 fully saturated rings. The van der Waals surface area contributed by atoms with Crippen LogP contribution in [-0.2, 0) is 35.1 Å². The Bertz CT molecular complexity index is 1060. The molecule has 4 amide bonds. The monoisotopic (exact) mass is 586 g/mol. The number of hydrogen-bond acceptors (Lipinski definition) is 8. The predicted octanol–water partition coefficient (Wildman–Crippen LogP) is 1.86. The molecule has 0 saturated heterocycles. The van der Waals surface area contributed by atoms with Gasteiger partial charge in [0.15, 0.2) is 0 Å². The number of fused-ring (bicyclic) bond motifs is 1. The third-order valence-electron chi connectivity index (χ3n) is 7.18. The van der Waals surface area contributed by atoms with Gasteiger partial charge in [0, 0.05) is 32.4 Å². The van der Waals surface area contributed by atoms with Crippen LogP contribution in [0.15, 0.2) is 30.3 Å². The summed E-state index contributed by atoms with van der Waals surface area (Å²) >= 11 is 0. The van der Waals surface area contributed by atoms with Gasteiger partial charge >= 0.3 is 12.2 Å². The van der Waals surface area contributed by atoms with Crippen LogP contribution in [0.2, 0.25) is 0 Å². The average molecular weight is 587 g/mol. The fourth-order valence-corrected chi connectivity index (χ4v) is 4.88. The van der Waals surface area contributed by atoms with Gasteiger partial charge in [-0.05, 0) is 42.6 Å². The average Bonchev–Trinajstić information content (AvgIpc) is 3.62. The number of carbonyl (C=O) groups excluding carboxylic acids is 4. The minimum absolute atomic E-state index is 0.0366. The van der Waals surface area contributed by atoms with Gasteiger partial charge in [-0.2, -0.15) is 0 Å². The van der Waals surface area contributed by atoms with Crippen molar-refractivity contribution in [2.75, 3.05) is 46.1 Å². The van der Waals surface area contributed by atoms with E-state index in [1.807, 2.05) is 30.3 Å². The van der Waals surface area contributed by atoms with Crippen LogP contribution in [0.5, 0.6) is 0 Å². The predicted molar refractivity (Wildman–Crippen MR) is 153 cm³/mol. The number of carbonyl (C=O) groups is 4. The molecule has 1 unspecified atom stereocenters. The highest BCUT2D eigenvalue weighted by molar-refractivity contribution is 5.86. The zero-order valence-electron chi connectivity index (χ0n) is 23.9. The summed E-state index contributed by atoms with van der Waals surface area (Å²) in [7, 11) is 0. The molecule has 0 aromatic heterocycles. The van der Waals surface area contributed by atoms with E-state index in [0.29, 0.717) is 50.7 Å². The van der Waals surface area contributed by atoms with Gasteiger partial charge in [-0.1, -0.05) is 30.3 Å². The number of amides is 4. The van der Waals surface area contributed by atoms with E-state index in [-0.39, 0.29) is 32.6 Å². The first-order valence-electron chi connectivity index (χ1n) is 14.5. The van der Waals surface area contributed by atoms with Crippen molar-refractivity contribution < 1.29 is 38.1 Å². The van der Waals surface area contributed by atoms with E-state index < -0.39 is 30.0 Å². The third kappa shape index (κ3) is 12.8. The highest BCUT2D eigenvalue weighted by Crippen LogP contribution is 2.52. The van der Waals surface area contributed by atoms with Crippen LogP contribution >= 0.6 is 0 Å². The minimum atomic E-state index is -0.986. The molecule has 0 bridgehead atoms. The summed E-state index contributed by atoms with van der Waals surface area (Å²) in [5.41, 5.74) is 6.00. The van der Waals surface area contributed by atoms with Gasteiger partial charge in [0.1, 0.15) is 12.6 Å². The zero-order chi connectivity index (χ0) is 30.0. The summed E-state index contributed by atoms with van der Waals surface area (Å²) < 4.78 is 21.4. The van der Waals surface area contributed by atoms with Crippen LogP contribution in [0.3, 0.4) is 0 Å². The molecule has 1 aromatic rings. The molecule has 4 atom stereocenters. The Kier molecular flexibility index (Phi) is 14.5. The summed E-state index contributed by atoms with van der Waals surface area (Å²) in [6, 6.07) is 8.12. The topological polar surface area (TPSA) is 167 Å². The van der Waals surface area contributed by atoms with Gasteiger partial charge in [-0.15, -0.1) is 11.8 Å². The van der Waals surface area contributed by atoms with E-state index in [1.54, 1.807) is 0 Å². The Hall–Kier alpha value is -3.82. The van der Waals surface area contributed by atoms with Crippen molar-refractivity contribution in [3.8, 4) is 11.8 Å². The molecule has 5 N–H and O–H groups in total. The van der Waals surface area contributed by atoms with Crippen molar-refractivity contribution in [2.24, 2.45) is 23.5 Å². The summed E-state index contributed by atoms with van der Waals surface area (Å²) in [6.45, 7) is 2.16. The molecule has 230 valence electrons. The Balaban J connectivity index is 1.17. The first-order valence-corrected chi connectivity index (χ1v) is 14.5. The second-order valence-corrected chi connectivity index (χ2v) is 10.2. The van der Waals surface area contributed by atoms with E-state index in [9.17, 15) is 19.2 Å². The molecular formula is C30H42N4O8. The molecule has 42 heavy (non-hydrogen) atoms. The first kappa shape index (κ1) is 32.7. The van der Waals surface area contributed by atoms with Crippen LogP contribution in [0, 0.1) is 29.6 Å². The number of ether oxygens (including phenoxy) is 4. The van der Waals surface area contributed by atoms with Gasteiger partial charge < -0.3 is 40.6 Å². The molecule has 1 aromatic carbocycles. The van der Waals surface area contributed by atoms with Crippen LogP contribution in [0.1, 0.15) is 44.1 Å². The molecule has 3 rings (SSSR count). The number of hydrogen-bond donors (Lipinski definition) is 4. The molecular weight excluding hydrogens is 544 g/mol. The summed E-state index contributed by atoms with van der Waals surface area (Å²) in [5, 5.41) is 7.83. The molecule has 2 aliphatic carbocycles. The maximum atomic E-state index is 12.5. The Morgan fingerprint density at radius 3 is 2.14 bits per heavy atom. The maximum Gasteiger partial charge on any atom is 0.408 e. The summed E-state index contributed by atoms with van der Waals surface area (Å²) in [6.07, 6.45) is 2.81. The molecule has 0 spiro atoms. The van der Waals surface area contributed by atoms with Crippen molar-refractivity contribution in [1.82, 2.24) is 16.0 Å². The molecule has 1 saturated carbocycles. The van der Waals surface area contributed by atoms with E-state index in [0.717, 1.165) is 31.2 Å². The van der Waals surface area contributed by atoms with Crippen LogP contribution in [0.4, 0.5) is 9.59 Å². The van der Waals surface area contributed by atoms with Gasteiger partial charge in [0.25, 0.3) is 0 Å². The zero-order valence-corrected chi connectivity index (χ0v) is 23.9. The van der Waals surface area contributed by atoms with Crippen LogP contribution < -0.4 is 21.7 Å². The van der Waals surface area contributed by atoms with Crippen molar-refractivity contribution in [2.45, 2.75) is 51.2 Å². The lowest BCUT2D eigenvalue weighted by Crippen LogP contribution is -2.48. The van der Waals surface area contributed by atoms with Crippen molar-refractivity contribution >= 4 is 24.0 Å². The second kappa shape index (κ2) is 18.6. The van der Waals surface area contributed by atoms with Gasteiger partial charge in [-0.25, -0.2) is 9.59 Å². The Labute approximate surface area is 246 Å². The molecule has 0 heterocycles. The highest BCUT2D eigenvalue weighted by atomic mass is 16.6. The third-order valence-corrected chi connectivity index (χ3v) is 7.18. The van der Waals surface area contributed by atoms with Gasteiger partial charge in [-0.3, -0.25) is 9.59 Å². The van der Waals surface area contributed by atoms with Crippen molar-refractivity contribution in [1.29, 1.82) is 0 Å². The normalized spacial score (nSPS) is 19.4. The SMILES string of the molecule is NC(=O)CCC(NC(=O)OCc1ccccc1)C(=O)NCCOCCOCCNC(=O)OC[C@@H]1[C@@H]2CCC#CCC[C@@H]21. The minimum Gasteiger partial charge on any atom is -0.449 e. The smallest absolute Gasteiger partial charge is 0.408 e. The second-order valence-electron chi connectivity index (χ2n) is 10.2. The van der Waals surface area contributed by atoms with Gasteiger partial charge in [0.05, 0.1) is 33.0 Å². The number of nitrogens with two attached hydrogens (primary N) is 1. The maximum absolute atomic E-state index is 12.5. The van der Waals surface area contributed by atoms with E-state index >= 15 is 0 Å².